The summed E-state index contributed by atoms with van der Waals surface area (Å²) in [5.74, 6) is 2.04. The molecule has 0 fully saturated rings. The van der Waals surface area contributed by atoms with Crippen LogP contribution < -0.4 is 0 Å². The summed E-state index contributed by atoms with van der Waals surface area (Å²) in [6.07, 6.45) is 0. The Kier molecular flexibility index (Phi) is 3.91. The molecular weight excluding hydrogens is 256 g/mol. The van der Waals surface area contributed by atoms with Gasteiger partial charge in [0.2, 0.25) is 0 Å². The van der Waals surface area contributed by atoms with Gasteiger partial charge in [-0.05, 0) is 36.0 Å². The van der Waals surface area contributed by atoms with Crippen LogP contribution in [0.5, 0.6) is 0 Å². The van der Waals surface area contributed by atoms with Crippen LogP contribution in [-0.2, 0) is 12.4 Å². The van der Waals surface area contributed by atoms with E-state index in [-0.39, 0.29) is 5.41 Å². The van der Waals surface area contributed by atoms with E-state index in [1.165, 1.54) is 11.1 Å². The maximum atomic E-state index is 6.07. The van der Waals surface area contributed by atoms with E-state index in [1.54, 1.807) is 0 Å². The number of hydrogen-bond acceptors (Lipinski definition) is 1. The highest BCUT2D eigenvalue weighted by molar-refractivity contribution is 6.16. The molecule has 2 rings (SSSR count). The molecule has 2 nitrogen and oxygen atoms in total. The Morgan fingerprint density at radius 2 is 2.00 bits per heavy atom. The molecule has 0 saturated heterocycles. The molecule has 1 aromatic carbocycles. The van der Waals surface area contributed by atoms with Crippen LogP contribution in [0.3, 0.4) is 0 Å². The second kappa shape index (κ2) is 5.16. The lowest BCUT2D eigenvalue weighted by molar-refractivity contribution is 0.211. The lowest BCUT2D eigenvalue weighted by atomic mass is 9.81. The molecular formula is C16H23ClN2. The van der Waals surface area contributed by atoms with Gasteiger partial charge in [0, 0.05) is 6.54 Å². The maximum absolute atomic E-state index is 6.07. The third-order valence-corrected chi connectivity index (χ3v) is 4.47. The molecule has 0 atom stereocenters. The molecule has 0 unspecified atom stereocenters. The van der Waals surface area contributed by atoms with Crippen LogP contribution in [0.4, 0.5) is 0 Å². The molecule has 2 aromatic rings. The van der Waals surface area contributed by atoms with Gasteiger partial charge in [-0.2, -0.15) is 0 Å². The molecule has 0 aliphatic rings. The molecule has 3 heteroatoms. The molecule has 104 valence electrons. The predicted octanol–water partition coefficient (Wildman–Crippen LogP) is 4.77. The SMILES string of the molecule is Cc1ccc2c(c1)nc(CCl)n2CC(C)(C)C(C)C. The number of halogens is 1. The molecule has 1 heterocycles. The van der Waals surface area contributed by atoms with Gasteiger partial charge in [-0.25, -0.2) is 4.98 Å². The van der Waals surface area contributed by atoms with Gasteiger partial charge in [0.1, 0.15) is 5.82 Å². The highest BCUT2D eigenvalue weighted by atomic mass is 35.5. The first-order chi connectivity index (χ1) is 8.85. The van der Waals surface area contributed by atoms with E-state index in [2.05, 4.69) is 62.4 Å². The smallest absolute Gasteiger partial charge is 0.124 e. The number of alkyl halides is 1. The molecule has 0 N–H and O–H groups in total. The zero-order valence-electron chi connectivity index (χ0n) is 12.5. The maximum Gasteiger partial charge on any atom is 0.124 e. The average Bonchev–Trinajstić information content (AvgIpc) is 2.65. The normalized spacial score (nSPS) is 12.6. The van der Waals surface area contributed by atoms with E-state index in [9.17, 15) is 0 Å². The van der Waals surface area contributed by atoms with E-state index < -0.39 is 0 Å². The number of rotatable bonds is 4. The van der Waals surface area contributed by atoms with Crippen LogP contribution in [0.1, 0.15) is 39.1 Å². The van der Waals surface area contributed by atoms with Gasteiger partial charge in [0.15, 0.2) is 0 Å². The third kappa shape index (κ3) is 2.79. The summed E-state index contributed by atoms with van der Waals surface area (Å²) in [6.45, 7) is 12.2. The highest BCUT2D eigenvalue weighted by Crippen LogP contribution is 2.31. The van der Waals surface area contributed by atoms with Gasteiger partial charge in [0.25, 0.3) is 0 Å². The second-order valence-electron chi connectivity index (χ2n) is 6.38. The van der Waals surface area contributed by atoms with E-state index >= 15 is 0 Å². The number of fused-ring (bicyclic) bond motifs is 1. The van der Waals surface area contributed by atoms with Gasteiger partial charge in [0.05, 0.1) is 16.9 Å². The molecule has 0 aliphatic carbocycles. The lowest BCUT2D eigenvalue weighted by Gasteiger charge is -2.30. The lowest BCUT2D eigenvalue weighted by Crippen LogP contribution is -2.26. The van der Waals surface area contributed by atoms with E-state index in [0.717, 1.165) is 17.9 Å². The monoisotopic (exact) mass is 278 g/mol. The summed E-state index contributed by atoms with van der Waals surface area (Å²) in [5, 5.41) is 0. The molecule has 0 bridgehead atoms. The number of nitrogens with zero attached hydrogens (tertiary/aromatic N) is 2. The predicted molar refractivity (Wildman–Crippen MR) is 82.6 cm³/mol. The van der Waals surface area contributed by atoms with Crippen molar-refractivity contribution < 1.29 is 0 Å². The number of hydrogen-bond donors (Lipinski definition) is 0. The van der Waals surface area contributed by atoms with Gasteiger partial charge in [-0.1, -0.05) is 33.8 Å². The van der Waals surface area contributed by atoms with Crippen LogP contribution in [-0.4, -0.2) is 9.55 Å². The van der Waals surface area contributed by atoms with Gasteiger partial charge in [-0.3, -0.25) is 0 Å². The zero-order chi connectivity index (χ0) is 14.2. The van der Waals surface area contributed by atoms with Crippen molar-refractivity contribution in [3.05, 3.63) is 29.6 Å². The number of imidazole rings is 1. The van der Waals surface area contributed by atoms with Crippen molar-refractivity contribution in [2.75, 3.05) is 0 Å². The second-order valence-corrected chi connectivity index (χ2v) is 6.65. The summed E-state index contributed by atoms with van der Waals surface area (Å²) in [6, 6.07) is 6.43. The minimum Gasteiger partial charge on any atom is -0.326 e. The summed E-state index contributed by atoms with van der Waals surface area (Å²) in [5.41, 5.74) is 3.70. The molecule has 0 saturated carbocycles. The van der Waals surface area contributed by atoms with Crippen molar-refractivity contribution in [3.8, 4) is 0 Å². The zero-order valence-corrected chi connectivity index (χ0v) is 13.3. The Bertz CT molecular complexity index is 582. The third-order valence-electron chi connectivity index (χ3n) is 4.23. The average molecular weight is 279 g/mol. The molecule has 0 radical (unpaired) electrons. The summed E-state index contributed by atoms with van der Waals surface area (Å²) >= 11 is 6.07. The largest absolute Gasteiger partial charge is 0.326 e. The van der Waals surface area contributed by atoms with Gasteiger partial charge >= 0.3 is 0 Å². The Morgan fingerprint density at radius 1 is 1.32 bits per heavy atom. The van der Waals surface area contributed by atoms with Crippen molar-refractivity contribution in [2.45, 2.75) is 47.0 Å². The Labute approximate surface area is 120 Å². The van der Waals surface area contributed by atoms with Crippen LogP contribution in [0.25, 0.3) is 11.0 Å². The molecule has 19 heavy (non-hydrogen) atoms. The van der Waals surface area contributed by atoms with Crippen LogP contribution in [0, 0.1) is 18.3 Å². The Hall–Kier alpha value is -1.02. The van der Waals surface area contributed by atoms with Crippen molar-refractivity contribution in [1.29, 1.82) is 0 Å². The van der Waals surface area contributed by atoms with Crippen LogP contribution >= 0.6 is 11.6 Å². The minimum atomic E-state index is 0.222. The first-order valence-corrected chi connectivity index (χ1v) is 7.40. The fourth-order valence-corrected chi connectivity index (χ4v) is 2.36. The summed E-state index contributed by atoms with van der Waals surface area (Å²) in [4.78, 5) is 4.67. The summed E-state index contributed by atoms with van der Waals surface area (Å²) < 4.78 is 2.28. The fourth-order valence-electron chi connectivity index (χ4n) is 2.16. The number of aryl methyl sites for hydroxylation is 1. The number of benzene rings is 1. The van der Waals surface area contributed by atoms with Crippen molar-refractivity contribution in [3.63, 3.8) is 0 Å². The van der Waals surface area contributed by atoms with Crippen molar-refractivity contribution in [2.24, 2.45) is 11.3 Å². The molecule has 0 aliphatic heterocycles. The van der Waals surface area contributed by atoms with Crippen molar-refractivity contribution in [1.82, 2.24) is 9.55 Å². The quantitative estimate of drug-likeness (QED) is 0.737. The Balaban J connectivity index is 2.52. The first kappa shape index (κ1) is 14.4. The minimum absolute atomic E-state index is 0.222. The van der Waals surface area contributed by atoms with E-state index in [1.807, 2.05) is 0 Å². The van der Waals surface area contributed by atoms with Crippen LogP contribution in [0.15, 0.2) is 18.2 Å². The fraction of sp³-hybridized carbons (Fsp3) is 0.562. The van der Waals surface area contributed by atoms with E-state index in [0.29, 0.717) is 11.8 Å². The van der Waals surface area contributed by atoms with Crippen LogP contribution in [0.2, 0.25) is 0 Å². The molecule has 0 spiro atoms. The first-order valence-electron chi connectivity index (χ1n) is 6.87. The Morgan fingerprint density at radius 3 is 2.58 bits per heavy atom. The standard InChI is InChI=1S/C16H23ClN2/c1-11(2)16(4,5)10-19-14-7-6-12(3)8-13(14)18-15(19)9-17/h6-8,11H,9-10H2,1-5H3. The topological polar surface area (TPSA) is 17.8 Å². The highest BCUT2D eigenvalue weighted by Gasteiger charge is 2.25. The van der Waals surface area contributed by atoms with E-state index in [4.69, 9.17) is 11.6 Å². The van der Waals surface area contributed by atoms with Gasteiger partial charge < -0.3 is 4.57 Å². The van der Waals surface area contributed by atoms with Gasteiger partial charge in [-0.15, -0.1) is 11.6 Å². The van der Waals surface area contributed by atoms with Crippen molar-refractivity contribution >= 4 is 22.6 Å². The molecule has 1 aromatic heterocycles. The number of aromatic nitrogens is 2. The molecule has 0 amide bonds. The summed E-state index contributed by atoms with van der Waals surface area (Å²) in [7, 11) is 0.